The molecule has 0 fully saturated rings. The second-order valence-corrected chi connectivity index (χ2v) is 5.41. The Bertz CT molecular complexity index is 858. The van der Waals surface area contributed by atoms with Crippen LogP contribution in [0.4, 0.5) is 23.1 Å². The minimum absolute atomic E-state index is 0.519. The second-order valence-electron chi connectivity index (χ2n) is 5.41. The summed E-state index contributed by atoms with van der Waals surface area (Å²) in [6, 6.07) is 15.5. The van der Waals surface area contributed by atoms with Crippen molar-refractivity contribution in [3.63, 3.8) is 0 Å². The van der Waals surface area contributed by atoms with E-state index in [0.29, 0.717) is 17.5 Å². The lowest BCUT2D eigenvalue weighted by Crippen LogP contribution is -2.19. The van der Waals surface area contributed by atoms with Crippen LogP contribution in [0, 0.1) is 0 Å². The van der Waals surface area contributed by atoms with E-state index in [2.05, 4.69) is 20.5 Å². The van der Waals surface area contributed by atoms with Gasteiger partial charge in [-0.1, -0.05) is 18.2 Å². The Balaban J connectivity index is 1.90. The lowest BCUT2D eigenvalue weighted by molar-refractivity contribution is 0.405. The van der Waals surface area contributed by atoms with Crippen LogP contribution in [0.25, 0.3) is 0 Å². The van der Waals surface area contributed by atoms with Crippen LogP contribution in [0.5, 0.6) is 11.5 Å². The van der Waals surface area contributed by atoms with Gasteiger partial charge in [-0.25, -0.2) is 0 Å². The predicted molar refractivity (Wildman–Crippen MR) is 102 cm³/mol. The molecule has 0 aliphatic carbocycles. The van der Waals surface area contributed by atoms with Gasteiger partial charge in [0.05, 0.1) is 26.1 Å². The Kier molecular flexibility index (Phi) is 5.48. The highest BCUT2D eigenvalue weighted by Gasteiger charge is 2.13. The monoisotopic (exact) mass is 351 g/mol. The molecule has 1 heterocycles. The number of ether oxygens (including phenoxy) is 2. The van der Waals surface area contributed by atoms with Crippen molar-refractivity contribution in [2.45, 2.75) is 6.92 Å². The Labute approximate surface area is 152 Å². The van der Waals surface area contributed by atoms with Crippen molar-refractivity contribution in [1.82, 2.24) is 15.2 Å². The van der Waals surface area contributed by atoms with Gasteiger partial charge in [0.25, 0.3) is 5.95 Å². The van der Waals surface area contributed by atoms with Crippen LogP contribution in [0.3, 0.4) is 0 Å². The highest BCUT2D eigenvalue weighted by atomic mass is 16.5. The summed E-state index contributed by atoms with van der Waals surface area (Å²) in [5.41, 5.74) is 1.74. The number of methoxy groups -OCH3 is 2. The summed E-state index contributed by atoms with van der Waals surface area (Å²) in [5, 5.41) is 11.5. The van der Waals surface area contributed by atoms with E-state index in [9.17, 15) is 0 Å². The molecule has 2 aromatic carbocycles. The van der Waals surface area contributed by atoms with Gasteiger partial charge >= 0.3 is 0 Å². The fraction of sp³-hybridized carbons (Fsp3) is 0.211. The lowest BCUT2D eigenvalue weighted by Gasteiger charge is -2.20. The number of nitrogens with one attached hydrogen (secondary N) is 1. The van der Waals surface area contributed by atoms with Crippen LogP contribution in [0.15, 0.2) is 54.7 Å². The number of nitrogens with zero attached hydrogens (tertiary/aromatic N) is 4. The second kappa shape index (κ2) is 8.15. The summed E-state index contributed by atoms with van der Waals surface area (Å²) >= 11 is 0. The van der Waals surface area contributed by atoms with E-state index in [-0.39, 0.29) is 0 Å². The van der Waals surface area contributed by atoms with Crippen LogP contribution in [0.2, 0.25) is 0 Å². The first-order valence-corrected chi connectivity index (χ1v) is 8.26. The maximum atomic E-state index is 5.39. The molecule has 26 heavy (non-hydrogen) atoms. The van der Waals surface area contributed by atoms with Crippen LogP contribution < -0.4 is 19.7 Å². The average Bonchev–Trinajstić information content (AvgIpc) is 2.69. The van der Waals surface area contributed by atoms with Crippen LogP contribution in [-0.2, 0) is 0 Å². The largest absolute Gasteiger partial charge is 0.497 e. The third-order valence-corrected chi connectivity index (χ3v) is 3.84. The number of para-hydroxylation sites is 1. The number of rotatable bonds is 7. The van der Waals surface area contributed by atoms with Crippen LogP contribution in [0.1, 0.15) is 6.92 Å². The van der Waals surface area contributed by atoms with Crippen molar-refractivity contribution < 1.29 is 9.47 Å². The van der Waals surface area contributed by atoms with Gasteiger partial charge in [-0.2, -0.15) is 10.1 Å². The summed E-state index contributed by atoms with van der Waals surface area (Å²) in [4.78, 5) is 6.58. The average molecular weight is 351 g/mol. The number of benzene rings is 2. The molecule has 0 spiro atoms. The SMILES string of the molecule is CCN(c1ccccc1)c1nncc(Nc2cc(OC)ccc2OC)n1. The van der Waals surface area contributed by atoms with Gasteiger partial charge in [0.1, 0.15) is 11.5 Å². The molecule has 0 aliphatic heterocycles. The molecule has 0 radical (unpaired) electrons. The molecule has 0 saturated carbocycles. The minimum Gasteiger partial charge on any atom is -0.497 e. The van der Waals surface area contributed by atoms with Crippen molar-refractivity contribution in [3.8, 4) is 11.5 Å². The first-order valence-electron chi connectivity index (χ1n) is 8.26. The molecule has 0 unspecified atom stereocenters. The molecule has 1 N–H and O–H groups in total. The molecular formula is C19H21N5O2. The number of hydrogen-bond donors (Lipinski definition) is 1. The Morgan fingerprint density at radius 1 is 1.04 bits per heavy atom. The Morgan fingerprint density at radius 3 is 2.54 bits per heavy atom. The fourth-order valence-corrected chi connectivity index (χ4v) is 2.57. The fourth-order valence-electron chi connectivity index (χ4n) is 2.57. The Hall–Kier alpha value is -3.35. The first kappa shape index (κ1) is 17.5. The summed E-state index contributed by atoms with van der Waals surface area (Å²) in [7, 11) is 3.24. The maximum Gasteiger partial charge on any atom is 0.251 e. The zero-order chi connectivity index (χ0) is 18.4. The van der Waals surface area contributed by atoms with Gasteiger partial charge < -0.3 is 19.7 Å². The quantitative estimate of drug-likeness (QED) is 0.694. The van der Waals surface area contributed by atoms with Gasteiger partial charge in [-0.05, 0) is 31.2 Å². The van der Waals surface area contributed by atoms with Gasteiger partial charge in [-0.3, -0.25) is 0 Å². The molecule has 7 nitrogen and oxygen atoms in total. The van der Waals surface area contributed by atoms with Crippen molar-refractivity contribution >= 4 is 23.1 Å². The van der Waals surface area contributed by atoms with E-state index in [4.69, 9.17) is 9.47 Å². The third-order valence-electron chi connectivity index (χ3n) is 3.84. The van der Waals surface area contributed by atoms with Crippen LogP contribution in [-0.4, -0.2) is 35.9 Å². The minimum atomic E-state index is 0.519. The van der Waals surface area contributed by atoms with E-state index in [0.717, 1.165) is 23.7 Å². The summed E-state index contributed by atoms with van der Waals surface area (Å²) in [5.74, 6) is 2.48. The molecule has 0 saturated heterocycles. The topological polar surface area (TPSA) is 72.4 Å². The Morgan fingerprint density at radius 2 is 1.85 bits per heavy atom. The van der Waals surface area contributed by atoms with Gasteiger partial charge in [0.2, 0.25) is 0 Å². The van der Waals surface area contributed by atoms with E-state index < -0.39 is 0 Å². The highest BCUT2D eigenvalue weighted by molar-refractivity contribution is 5.67. The standard InChI is InChI=1S/C19H21N5O2/c1-4-24(14-8-6-5-7-9-14)19-22-18(13-20-23-19)21-16-12-15(25-2)10-11-17(16)26-3/h5-13H,4H2,1-3H3,(H,21,22,23). The lowest BCUT2D eigenvalue weighted by atomic mass is 10.2. The summed E-state index contributed by atoms with van der Waals surface area (Å²) < 4.78 is 10.7. The third kappa shape index (κ3) is 3.83. The zero-order valence-electron chi connectivity index (χ0n) is 15.0. The normalized spacial score (nSPS) is 10.3. The van der Waals surface area contributed by atoms with Crippen molar-refractivity contribution in [3.05, 3.63) is 54.7 Å². The number of anilines is 4. The van der Waals surface area contributed by atoms with Crippen molar-refractivity contribution in [1.29, 1.82) is 0 Å². The zero-order valence-corrected chi connectivity index (χ0v) is 15.0. The molecule has 0 amide bonds. The first-order chi connectivity index (χ1) is 12.7. The van der Waals surface area contributed by atoms with E-state index in [1.807, 2.05) is 60.4 Å². The van der Waals surface area contributed by atoms with E-state index in [1.165, 1.54) is 0 Å². The molecule has 3 rings (SSSR count). The molecule has 0 aliphatic rings. The molecule has 3 aromatic rings. The van der Waals surface area contributed by atoms with Crippen molar-refractivity contribution in [2.24, 2.45) is 0 Å². The van der Waals surface area contributed by atoms with Crippen molar-refractivity contribution in [2.75, 3.05) is 31.0 Å². The molecular weight excluding hydrogens is 330 g/mol. The van der Waals surface area contributed by atoms with Crippen LogP contribution >= 0.6 is 0 Å². The van der Waals surface area contributed by atoms with E-state index in [1.54, 1.807) is 20.4 Å². The van der Waals surface area contributed by atoms with Gasteiger partial charge in [0, 0.05) is 18.3 Å². The molecule has 0 bridgehead atoms. The predicted octanol–water partition coefficient (Wildman–Crippen LogP) is 3.79. The van der Waals surface area contributed by atoms with E-state index >= 15 is 0 Å². The van der Waals surface area contributed by atoms with Gasteiger partial charge in [0.15, 0.2) is 5.82 Å². The number of hydrogen-bond acceptors (Lipinski definition) is 7. The summed E-state index contributed by atoms with van der Waals surface area (Å²) in [6.07, 6.45) is 1.57. The molecule has 7 heteroatoms. The smallest absolute Gasteiger partial charge is 0.251 e. The van der Waals surface area contributed by atoms with Gasteiger partial charge in [-0.15, -0.1) is 5.10 Å². The maximum absolute atomic E-state index is 5.39. The highest BCUT2D eigenvalue weighted by Crippen LogP contribution is 2.31. The summed E-state index contributed by atoms with van der Waals surface area (Å²) in [6.45, 7) is 2.76. The molecule has 1 aromatic heterocycles. The number of aromatic nitrogens is 3. The molecule has 134 valence electrons. The molecule has 0 atom stereocenters.